The maximum atomic E-state index is 10.9. The van der Waals surface area contributed by atoms with E-state index < -0.39 is 0 Å². The van der Waals surface area contributed by atoms with Gasteiger partial charge in [-0.1, -0.05) is 0 Å². The molecule has 4 heteroatoms. The van der Waals surface area contributed by atoms with Crippen molar-refractivity contribution < 1.29 is 4.42 Å². The first-order valence-corrected chi connectivity index (χ1v) is 3.06. The van der Waals surface area contributed by atoms with Gasteiger partial charge in [-0.25, -0.2) is 0 Å². The van der Waals surface area contributed by atoms with Crippen molar-refractivity contribution in [3.8, 4) is 11.1 Å². The highest BCUT2D eigenvalue weighted by atomic mass is 16.3. The molecule has 0 atom stereocenters. The quantitative estimate of drug-likeness (QED) is 0.547. The highest BCUT2D eigenvalue weighted by Gasteiger charge is 2.05. The van der Waals surface area contributed by atoms with E-state index in [1.165, 1.54) is 18.7 Å². The van der Waals surface area contributed by atoms with Gasteiger partial charge in [0.2, 0.25) is 0 Å². The van der Waals surface area contributed by atoms with Gasteiger partial charge in [-0.05, 0) is 6.07 Å². The smallest absolute Gasteiger partial charge is 0.299 e. The number of hydrogen-bond donors (Lipinski definition) is 0. The molecule has 0 amide bonds. The second kappa shape index (κ2) is 2.16. The molecular formula is C7H4N2O2. The average Bonchev–Trinajstić information content (AvgIpc) is 2.06. The van der Waals surface area contributed by atoms with Crippen LogP contribution in [-0.2, 0) is 0 Å². The number of fused-ring (bicyclic) bond motifs is 1. The first-order chi connectivity index (χ1) is 5.38. The van der Waals surface area contributed by atoms with Gasteiger partial charge in [0, 0.05) is 5.56 Å². The molecule has 0 aromatic heterocycles. The number of nitrogens with zero attached hydrogens (tertiary/aromatic N) is 2. The van der Waals surface area contributed by atoms with Crippen molar-refractivity contribution >= 4 is 0 Å². The lowest BCUT2D eigenvalue weighted by molar-refractivity contribution is 0.550. The Morgan fingerprint density at radius 3 is 3.18 bits per heavy atom. The minimum Gasteiger partial charge on any atom is -0.472 e. The van der Waals surface area contributed by atoms with Crippen LogP contribution in [0.1, 0.15) is 0 Å². The molecule has 2 heterocycles. The summed E-state index contributed by atoms with van der Waals surface area (Å²) in [4.78, 5) is 10.9. The van der Waals surface area contributed by atoms with Crippen LogP contribution in [0.5, 0.6) is 0 Å². The van der Waals surface area contributed by atoms with Crippen LogP contribution < -0.4 is 5.56 Å². The van der Waals surface area contributed by atoms with E-state index in [2.05, 4.69) is 10.2 Å². The zero-order chi connectivity index (χ0) is 7.68. The molecule has 0 fully saturated rings. The van der Waals surface area contributed by atoms with E-state index in [0.717, 1.165) is 5.56 Å². The lowest BCUT2D eigenvalue weighted by Crippen LogP contribution is -2.10. The maximum Gasteiger partial charge on any atom is 0.299 e. The van der Waals surface area contributed by atoms with Gasteiger partial charge in [0.1, 0.15) is 6.26 Å². The Bertz CT molecular complexity index is 396. The van der Waals surface area contributed by atoms with Crippen LogP contribution >= 0.6 is 0 Å². The minimum atomic E-state index is -0.355. The van der Waals surface area contributed by atoms with Crippen molar-refractivity contribution in [2.24, 2.45) is 0 Å². The molecule has 0 N–H and O–H groups in total. The van der Waals surface area contributed by atoms with Gasteiger partial charge < -0.3 is 4.42 Å². The van der Waals surface area contributed by atoms with Gasteiger partial charge >= 0.3 is 0 Å². The molecule has 0 bridgehead atoms. The molecule has 2 rings (SSSR count). The third-order valence-corrected chi connectivity index (χ3v) is 1.40. The van der Waals surface area contributed by atoms with Gasteiger partial charge in [-0.3, -0.25) is 4.79 Å². The predicted molar refractivity (Wildman–Crippen MR) is 37.2 cm³/mol. The Morgan fingerprint density at radius 1 is 1.45 bits per heavy atom. The summed E-state index contributed by atoms with van der Waals surface area (Å²) in [6.07, 6.45) is 4.38. The third kappa shape index (κ3) is 0.881. The second-order valence-electron chi connectivity index (χ2n) is 2.08. The van der Waals surface area contributed by atoms with E-state index in [1.54, 1.807) is 6.07 Å². The van der Waals surface area contributed by atoms with Crippen molar-refractivity contribution in [1.29, 1.82) is 0 Å². The highest BCUT2D eigenvalue weighted by Crippen LogP contribution is 2.12. The molecule has 0 saturated heterocycles. The Morgan fingerprint density at radius 2 is 2.36 bits per heavy atom. The van der Waals surface area contributed by atoms with Crippen LogP contribution in [0.4, 0.5) is 0 Å². The lowest BCUT2D eigenvalue weighted by Gasteiger charge is -1.96. The molecule has 0 aliphatic carbocycles. The first-order valence-electron chi connectivity index (χ1n) is 3.06. The Labute approximate surface area is 61.8 Å². The van der Waals surface area contributed by atoms with Crippen LogP contribution in [0.25, 0.3) is 11.1 Å². The molecule has 4 nitrogen and oxygen atoms in total. The topological polar surface area (TPSA) is 56.0 Å². The summed E-state index contributed by atoms with van der Waals surface area (Å²) >= 11 is 0. The molecule has 2 aliphatic rings. The zero-order valence-electron chi connectivity index (χ0n) is 5.52. The molecule has 0 unspecified atom stereocenters. The Kier molecular flexibility index (Phi) is 1.18. The van der Waals surface area contributed by atoms with Crippen molar-refractivity contribution in [3.05, 3.63) is 35.1 Å². The van der Waals surface area contributed by atoms with E-state index >= 15 is 0 Å². The molecular weight excluding hydrogens is 144 g/mol. The normalized spacial score (nSPS) is 10.2. The van der Waals surface area contributed by atoms with Gasteiger partial charge in [-0.15, -0.1) is 5.10 Å². The summed E-state index contributed by atoms with van der Waals surface area (Å²) in [5, 5.41) is 6.85. The van der Waals surface area contributed by atoms with Gasteiger partial charge in [0.25, 0.3) is 5.56 Å². The van der Waals surface area contributed by atoms with Crippen molar-refractivity contribution in [2.75, 3.05) is 0 Å². The van der Waals surface area contributed by atoms with E-state index in [9.17, 15) is 4.79 Å². The molecule has 0 aromatic rings. The maximum absolute atomic E-state index is 10.9. The zero-order valence-corrected chi connectivity index (χ0v) is 5.52. The summed E-state index contributed by atoms with van der Waals surface area (Å²) in [5.74, 6) is 0. The molecule has 0 radical (unpaired) electrons. The fourth-order valence-electron chi connectivity index (χ4n) is 0.862. The second-order valence-corrected chi connectivity index (χ2v) is 2.08. The lowest BCUT2D eigenvalue weighted by atomic mass is 10.2. The molecule has 2 aliphatic heterocycles. The molecule has 0 spiro atoms. The van der Waals surface area contributed by atoms with Crippen LogP contribution in [0.3, 0.4) is 0 Å². The average molecular weight is 148 g/mol. The SMILES string of the molecule is O=c1nncc2ccocc1-2. The van der Waals surface area contributed by atoms with Crippen LogP contribution in [0, 0.1) is 0 Å². The van der Waals surface area contributed by atoms with Gasteiger partial charge in [0.05, 0.1) is 18.0 Å². The minimum absolute atomic E-state index is 0.355. The van der Waals surface area contributed by atoms with Gasteiger partial charge in [0.15, 0.2) is 0 Å². The van der Waals surface area contributed by atoms with E-state index in [4.69, 9.17) is 4.42 Å². The van der Waals surface area contributed by atoms with Crippen LogP contribution in [0.15, 0.2) is 34.0 Å². The Balaban J connectivity index is 2.90. The van der Waals surface area contributed by atoms with Crippen LogP contribution in [0.2, 0.25) is 0 Å². The summed E-state index contributed by atoms with van der Waals surface area (Å²) in [6.45, 7) is 0. The van der Waals surface area contributed by atoms with Crippen molar-refractivity contribution in [3.63, 3.8) is 0 Å². The van der Waals surface area contributed by atoms with Gasteiger partial charge in [-0.2, -0.15) is 5.10 Å². The van der Waals surface area contributed by atoms with E-state index in [0.29, 0.717) is 5.56 Å². The predicted octanol–water partition coefficient (Wildman–Crippen LogP) is 0.535. The standard InChI is InChI=1S/C7H4N2O2/c10-7-6-4-11-2-1-5(6)3-8-9-7/h1-4H. The summed E-state index contributed by atoms with van der Waals surface area (Å²) < 4.78 is 4.80. The fourth-order valence-corrected chi connectivity index (χ4v) is 0.862. The fraction of sp³-hybridized carbons (Fsp3) is 0. The summed E-state index contributed by atoms with van der Waals surface area (Å²) in [7, 11) is 0. The van der Waals surface area contributed by atoms with Crippen molar-refractivity contribution in [2.45, 2.75) is 0 Å². The summed E-state index contributed by atoms with van der Waals surface area (Å²) in [6, 6.07) is 1.67. The summed E-state index contributed by atoms with van der Waals surface area (Å²) in [5.41, 5.74) is 0.852. The molecule has 0 aromatic carbocycles. The number of rotatable bonds is 0. The molecule has 0 saturated carbocycles. The number of hydrogen-bond acceptors (Lipinski definition) is 4. The third-order valence-electron chi connectivity index (χ3n) is 1.40. The largest absolute Gasteiger partial charge is 0.472 e. The first kappa shape index (κ1) is 6.03. The monoisotopic (exact) mass is 148 g/mol. The number of aromatic nitrogens is 2. The Hall–Kier alpha value is -1.71. The van der Waals surface area contributed by atoms with E-state index in [-0.39, 0.29) is 5.56 Å². The van der Waals surface area contributed by atoms with E-state index in [1.807, 2.05) is 0 Å². The van der Waals surface area contributed by atoms with Crippen molar-refractivity contribution in [1.82, 2.24) is 10.2 Å². The molecule has 54 valence electrons. The molecule has 11 heavy (non-hydrogen) atoms. The van der Waals surface area contributed by atoms with Crippen LogP contribution in [-0.4, -0.2) is 10.2 Å². The highest BCUT2D eigenvalue weighted by molar-refractivity contribution is 5.59.